The third kappa shape index (κ3) is 3.31. The number of halogens is 1. The first-order valence-corrected chi connectivity index (χ1v) is 10.4. The molecule has 3 aromatic rings. The van der Waals surface area contributed by atoms with E-state index in [4.69, 9.17) is 4.74 Å². The van der Waals surface area contributed by atoms with Crippen molar-refractivity contribution in [3.8, 4) is 0 Å². The monoisotopic (exact) mass is 429 g/mol. The summed E-state index contributed by atoms with van der Waals surface area (Å²) in [6.45, 7) is 1.79. The Hall–Kier alpha value is -1.69. The Morgan fingerprint density at radius 3 is 2.62 bits per heavy atom. The summed E-state index contributed by atoms with van der Waals surface area (Å²) in [5, 5.41) is 6.57. The molecule has 1 saturated heterocycles. The Labute approximate surface area is 165 Å². The highest BCUT2D eigenvalue weighted by Crippen LogP contribution is 2.36. The lowest BCUT2D eigenvalue weighted by atomic mass is 9.73. The summed E-state index contributed by atoms with van der Waals surface area (Å²) in [4.78, 5) is 13.3. The molecule has 0 unspecified atom stereocenters. The second-order valence-corrected chi connectivity index (χ2v) is 8.47. The Morgan fingerprint density at radius 2 is 1.85 bits per heavy atom. The molecular weight excluding hydrogens is 410 g/mol. The number of nitrogens with one attached hydrogen (secondary N) is 1. The van der Waals surface area contributed by atoms with Gasteiger partial charge in [0.25, 0.3) is 0 Å². The van der Waals surface area contributed by atoms with Gasteiger partial charge < -0.3 is 10.1 Å². The molecule has 134 valence electrons. The van der Waals surface area contributed by atoms with E-state index >= 15 is 0 Å². The van der Waals surface area contributed by atoms with E-state index in [1.165, 1.54) is 15.6 Å². The molecule has 0 bridgehead atoms. The van der Waals surface area contributed by atoms with E-state index in [9.17, 15) is 4.79 Å². The molecule has 1 aliphatic heterocycles. The molecule has 2 heterocycles. The summed E-state index contributed by atoms with van der Waals surface area (Å²) in [6, 6.07) is 16.4. The van der Waals surface area contributed by atoms with Crippen LogP contribution >= 0.6 is 27.3 Å². The van der Waals surface area contributed by atoms with Gasteiger partial charge in [-0.1, -0.05) is 46.3 Å². The first-order chi connectivity index (χ1) is 12.7. The highest BCUT2D eigenvalue weighted by Gasteiger charge is 2.41. The largest absolute Gasteiger partial charge is 0.381 e. The average molecular weight is 430 g/mol. The molecule has 1 fully saturated rings. The predicted octanol–water partition coefficient (Wildman–Crippen LogP) is 5.03. The summed E-state index contributed by atoms with van der Waals surface area (Å²) < 4.78 is 7.82. The zero-order valence-corrected chi connectivity index (χ0v) is 16.7. The van der Waals surface area contributed by atoms with Gasteiger partial charge >= 0.3 is 0 Å². The van der Waals surface area contributed by atoms with Gasteiger partial charge in [0.15, 0.2) is 0 Å². The van der Waals surface area contributed by atoms with Crippen LogP contribution in [0.3, 0.4) is 0 Å². The summed E-state index contributed by atoms with van der Waals surface area (Å²) in [5.41, 5.74) is 1.73. The number of ether oxygens (including phenoxy) is 1. The average Bonchev–Trinajstić information content (AvgIpc) is 3.10. The van der Waals surface area contributed by atoms with Gasteiger partial charge in [-0.3, -0.25) is 4.79 Å². The molecule has 26 heavy (non-hydrogen) atoms. The number of hydrogen-bond donors (Lipinski definition) is 1. The van der Waals surface area contributed by atoms with Gasteiger partial charge in [0.1, 0.15) is 0 Å². The van der Waals surface area contributed by atoms with Crippen LogP contribution in [-0.2, 0) is 21.5 Å². The van der Waals surface area contributed by atoms with Gasteiger partial charge in [-0.2, -0.15) is 0 Å². The molecule has 0 spiro atoms. The number of thiophene rings is 1. The van der Waals surface area contributed by atoms with Crippen LogP contribution in [-0.4, -0.2) is 19.1 Å². The number of hydrogen-bond acceptors (Lipinski definition) is 3. The molecule has 2 aromatic carbocycles. The van der Waals surface area contributed by atoms with Crippen LogP contribution in [0.4, 0.5) is 0 Å². The van der Waals surface area contributed by atoms with E-state index in [0.717, 1.165) is 10.0 Å². The summed E-state index contributed by atoms with van der Waals surface area (Å²) in [6.07, 6.45) is 1.43. The fourth-order valence-corrected chi connectivity index (χ4v) is 4.88. The molecule has 0 radical (unpaired) electrons. The van der Waals surface area contributed by atoms with Gasteiger partial charge in [-0.25, -0.2) is 0 Å². The number of carbonyl (C=O) groups excluding carboxylic acids is 1. The fraction of sp³-hybridized carbons (Fsp3) is 0.286. The van der Waals surface area contributed by atoms with Crippen LogP contribution in [0.5, 0.6) is 0 Å². The number of carbonyl (C=O) groups is 1. The molecule has 1 amide bonds. The van der Waals surface area contributed by atoms with Gasteiger partial charge in [0.05, 0.1) is 5.41 Å². The van der Waals surface area contributed by atoms with E-state index < -0.39 is 5.41 Å². The third-order valence-corrected chi connectivity index (χ3v) is 6.72. The third-order valence-electron chi connectivity index (χ3n) is 5.18. The van der Waals surface area contributed by atoms with E-state index in [2.05, 4.69) is 50.9 Å². The van der Waals surface area contributed by atoms with Crippen LogP contribution in [0, 0.1) is 0 Å². The molecule has 0 atom stereocenters. The van der Waals surface area contributed by atoms with Gasteiger partial charge in [0.2, 0.25) is 5.91 Å². The maximum atomic E-state index is 13.3. The van der Waals surface area contributed by atoms with Crippen molar-refractivity contribution in [3.05, 3.63) is 69.5 Å². The molecule has 0 aliphatic carbocycles. The molecule has 5 heteroatoms. The summed E-state index contributed by atoms with van der Waals surface area (Å²) in [7, 11) is 0. The van der Waals surface area contributed by atoms with E-state index in [0.29, 0.717) is 32.6 Å². The second-order valence-electron chi connectivity index (χ2n) is 6.64. The summed E-state index contributed by atoms with van der Waals surface area (Å²) >= 11 is 5.20. The lowest BCUT2D eigenvalue weighted by Crippen LogP contribution is -2.47. The zero-order valence-electron chi connectivity index (χ0n) is 14.3. The minimum Gasteiger partial charge on any atom is -0.381 e. The van der Waals surface area contributed by atoms with Crippen LogP contribution in [0.15, 0.2) is 58.4 Å². The highest BCUT2D eigenvalue weighted by atomic mass is 79.9. The maximum Gasteiger partial charge on any atom is 0.231 e. The van der Waals surface area contributed by atoms with Crippen LogP contribution in [0.2, 0.25) is 0 Å². The molecule has 1 N–H and O–H groups in total. The summed E-state index contributed by atoms with van der Waals surface area (Å²) in [5.74, 6) is 0.0957. The Morgan fingerprint density at radius 1 is 1.12 bits per heavy atom. The standard InChI is InChI=1S/C21H20BrNO2S/c22-17-7-5-16(6-8-17)21(9-11-25-12-10-21)20(24)23-13-15-14-26-19-4-2-1-3-18(15)19/h1-8,14H,9-13H2,(H,23,24). The number of fused-ring (bicyclic) bond motifs is 1. The maximum absolute atomic E-state index is 13.3. The van der Waals surface area contributed by atoms with E-state index in [1.54, 1.807) is 11.3 Å². The number of rotatable bonds is 4. The predicted molar refractivity (Wildman–Crippen MR) is 110 cm³/mol. The van der Waals surface area contributed by atoms with Crippen molar-refractivity contribution in [1.82, 2.24) is 5.32 Å². The molecule has 0 saturated carbocycles. The van der Waals surface area contributed by atoms with Crippen LogP contribution in [0.25, 0.3) is 10.1 Å². The van der Waals surface area contributed by atoms with Crippen molar-refractivity contribution in [2.75, 3.05) is 13.2 Å². The SMILES string of the molecule is O=C(NCc1csc2ccccc12)C1(c2ccc(Br)cc2)CCOCC1. The minimum absolute atomic E-state index is 0.0957. The number of amides is 1. The van der Waals surface area contributed by atoms with Crippen molar-refractivity contribution in [2.24, 2.45) is 0 Å². The Bertz CT molecular complexity index is 913. The first-order valence-electron chi connectivity index (χ1n) is 8.76. The highest BCUT2D eigenvalue weighted by molar-refractivity contribution is 9.10. The second kappa shape index (κ2) is 7.51. The molecule has 1 aliphatic rings. The number of benzene rings is 2. The Balaban J connectivity index is 1.58. The van der Waals surface area contributed by atoms with E-state index in [1.807, 2.05) is 24.3 Å². The molecule has 1 aromatic heterocycles. The molecule has 3 nitrogen and oxygen atoms in total. The lowest BCUT2D eigenvalue weighted by Gasteiger charge is -2.36. The quantitative estimate of drug-likeness (QED) is 0.631. The smallest absolute Gasteiger partial charge is 0.231 e. The molecular formula is C21H20BrNO2S. The van der Waals surface area contributed by atoms with Crippen molar-refractivity contribution >= 4 is 43.3 Å². The molecule has 4 rings (SSSR count). The van der Waals surface area contributed by atoms with Crippen molar-refractivity contribution in [3.63, 3.8) is 0 Å². The van der Waals surface area contributed by atoms with Crippen LogP contribution < -0.4 is 5.32 Å². The minimum atomic E-state index is -0.509. The van der Waals surface area contributed by atoms with Crippen molar-refractivity contribution in [2.45, 2.75) is 24.8 Å². The topological polar surface area (TPSA) is 38.3 Å². The Kier molecular flexibility index (Phi) is 5.11. The van der Waals surface area contributed by atoms with Gasteiger partial charge in [-0.05, 0) is 52.9 Å². The van der Waals surface area contributed by atoms with Gasteiger partial charge in [-0.15, -0.1) is 11.3 Å². The van der Waals surface area contributed by atoms with Crippen LogP contribution in [0.1, 0.15) is 24.0 Å². The van der Waals surface area contributed by atoms with Crippen molar-refractivity contribution < 1.29 is 9.53 Å². The van der Waals surface area contributed by atoms with Crippen molar-refractivity contribution in [1.29, 1.82) is 0 Å². The fourth-order valence-electron chi connectivity index (χ4n) is 3.65. The first kappa shape index (κ1) is 17.7. The zero-order chi connectivity index (χ0) is 18.0. The lowest BCUT2D eigenvalue weighted by molar-refractivity contribution is -0.130. The van der Waals surface area contributed by atoms with Gasteiger partial charge in [0, 0.05) is 28.9 Å². The van der Waals surface area contributed by atoms with E-state index in [-0.39, 0.29) is 5.91 Å². The normalized spacial score (nSPS) is 16.5.